The molecule has 1 aromatic heterocycles. The minimum atomic E-state index is 0.109. The second-order valence-electron chi connectivity index (χ2n) is 4.01. The van der Waals surface area contributed by atoms with Gasteiger partial charge in [-0.3, -0.25) is 0 Å². The summed E-state index contributed by atoms with van der Waals surface area (Å²) in [5, 5.41) is 13.3. The third-order valence-electron chi connectivity index (χ3n) is 2.39. The van der Waals surface area contributed by atoms with Crippen molar-refractivity contribution in [2.45, 2.75) is 26.8 Å². The quantitative estimate of drug-likeness (QED) is 0.774. The van der Waals surface area contributed by atoms with E-state index in [4.69, 9.17) is 10.8 Å². The zero-order valence-corrected chi connectivity index (χ0v) is 9.86. The monoisotopic (exact) mass is 212 g/mol. The number of anilines is 2. The molecule has 0 radical (unpaired) electrons. The van der Waals surface area contributed by atoms with Gasteiger partial charge in [-0.15, -0.1) is 0 Å². The standard InChI is InChI=1S/C10H20N4O/c1-7(2)14-10(13(4)5-6-15)9(11)8(3)12-14/h7,15H,5-6,11H2,1-4H3. The van der Waals surface area contributed by atoms with E-state index in [1.807, 2.05) is 23.6 Å². The molecule has 1 heterocycles. The lowest BCUT2D eigenvalue weighted by molar-refractivity contribution is 0.303. The molecule has 0 amide bonds. The summed E-state index contributed by atoms with van der Waals surface area (Å²) in [4.78, 5) is 1.93. The van der Waals surface area contributed by atoms with Gasteiger partial charge in [0.15, 0.2) is 5.82 Å². The van der Waals surface area contributed by atoms with E-state index in [9.17, 15) is 0 Å². The van der Waals surface area contributed by atoms with Crippen LogP contribution in [0.25, 0.3) is 0 Å². The molecule has 0 unspecified atom stereocenters. The number of hydrogen-bond donors (Lipinski definition) is 2. The third kappa shape index (κ3) is 2.23. The second kappa shape index (κ2) is 4.53. The summed E-state index contributed by atoms with van der Waals surface area (Å²) in [5.41, 5.74) is 7.50. The molecule has 5 nitrogen and oxygen atoms in total. The van der Waals surface area contributed by atoms with E-state index in [2.05, 4.69) is 18.9 Å². The Kier molecular flexibility index (Phi) is 3.57. The van der Waals surface area contributed by atoms with Crippen molar-refractivity contribution in [2.24, 2.45) is 0 Å². The van der Waals surface area contributed by atoms with Gasteiger partial charge in [0.1, 0.15) is 0 Å². The predicted octanol–water partition coefficient (Wildman–Crippen LogP) is 0.783. The van der Waals surface area contributed by atoms with E-state index in [0.717, 1.165) is 11.5 Å². The first-order valence-corrected chi connectivity index (χ1v) is 5.15. The summed E-state index contributed by atoms with van der Waals surface area (Å²) in [6.07, 6.45) is 0. The van der Waals surface area contributed by atoms with Gasteiger partial charge < -0.3 is 15.7 Å². The summed E-state index contributed by atoms with van der Waals surface area (Å²) in [7, 11) is 1.90. The lowest BCUT2D eigenvalue weighted by atomic mass is 10.3. The molecule has 0 bridgehead atoms. The third-order valence-corrected chi connectivity index (χ3v) is 2.39. The maximum atomic E-state index is 8.91. The molecule has 1 rings (SSSR count). The zero-order valence-electron chi connectivity index (χ0n) is 9.86. The number of aromatic nitrogens is 2. The van der Waals surface area contributed by atoms with Crippen molar-refractivity contribution in [3.63, 3.8) is 0 Å². The Morgan fingerprint density at radius 2 is 2.13 bits per heavy atom. The van der Waals surface area contributed by atoms with E-state index in [1.165, 1.54) is 0 Å². The molecule has 1 aromatic rings. The van der Waals surface area contributed by atoms with Gasteiger partial charge in [-0.25, -0.2) is 4.68 Å². The highest BCUT2D eigenvalue weighted by Crippen LogP contribution is 2.28. The van der Waals surface area contributed by atoms with Crippen molar-refractivity contribution in [1.82, 2.24) is 9.78 Å². The van der Waals surface area contributed by atoms with Gasteiger partial charge >= 0.3 is 0 Å². The summed E-state index contributed by atoms with van der Waals surface area (Å²) in [6.45, 7) is 6.68. The van der Waals surface area contributed by atoms with Gasteiger partial charge in [0.2, 0.25) is 0 Å². The van der Waals surface area contributed by atoms with Crippen LogP contribution in [0.5, 0.6) is 0 Å². The van der Waals surface area contributed by atoms with Crippen LogP contribution in [0.2, 0.25) is 0 Å². The Balaban J connectivity index is 3.12. The van der Waals surface area contributed by atoms with Crippen molar-refractivity contribution in [2.75, 3.05) is 30.8 Å². The molecule has 0 atom stereocenters. The van der Waals surface area contributed by atoms with Crippen LogP contribution in [-0.4, -0.2) is 35.1 Å². The van der Waals surface area contributed by atoms with E-state index in [-0.39, 0.29) is 12.6 Å². The maximum absolute atomic E-state index is 8.91. The predicted molar refractivity (Wildman–Crippen MR) is 62.1 cm³/mol. The van der Waals surface area contributed by atoms with Crippen LogP contribution in [0.15, 0.2) is 0 Å². The summed E-state index contributed by atoms with van der Waals surface area (Å²) in [6, 6.07) is 0.261. The number of nitrogen functional groups attached to an aromatic ring is 1. The summed E-state index contributed by atoms with van der Waals surface area (Å²) in [5.74, 6) is 0.886. The molecule has 86 valence electrons. The molecule has 3 N–H and O–H groups in total. The minimum absolute atomic E-state index is 0.109. The molecule has 0 aliphatic carbocycles. The van der Waals surface area contributed by atoms with Crippen molar-refractivity contribution < 1.29 is 5.11 Å². The maximum Gasteiger partial charge on any atom is 0.150 e. The number of nitrogens with two attached hydrogens (primary N) is 1. The first-order valence-electron chi connectivity index (χ1n) is 5.15. The number of likely N-dealkylation sites (N-methyl/N-ethyl adjacent to an activating group) is 1. The largest absolute Gasteiger partial charge is 0.395 e. The zero-order chi connectivity index (χ0) is 11.6. The van der Waals surface area contributed by atoms with Gasteiger partial charge in [-0.1, -0.05) is 0 Å². The molecule has 0 spiro atoms. The van der Waals surface area contributed by atoms with Crippen molar-refractivity contribution >= 4 is 11.5 Å². The highest BCUT2D eigenvalue weighted by atomic mass is 16.3. The first-order chi connectivity index (χ1) is 6.99. The van der Waals surface area contributed by atoms with Crippen molar-refractivity contribution in [3.8, 4) is 0 Å². The summed E-state index contributed by atoms with van der Waals surface area (Å²) >= 11 is 0. The van der Waals surface area contributed by atoms with E-state index in [0.29, 0.717) is 12.2 Å². The van der Waals surface area contributed by atoms with Crippen LogP contribution in [0.4, 0.5) is 11.5 Å². The molecule has 15 heavy (non-hydrogen) atoms. The number of aryl methyl sites for hydroxylation is 1. The van der Waals surface area contributed by atoms with Crippen LogP contribution in [0.1, 0.15) is 25.6 Å². The number of nitrogens with zero attached hydrogens (tertiary/aromatic N) is 3. The van der Waals surface area contributed by atoms with Gasteiger partial charge in [-0.2, -0.15) is 5.10 Å². The Morgan fingerprint density at radius 3 is 2.60 bits per heavy atom. The van der Waals surface area contributed by atoms with Crippen LogP contribution in [-0.2, 0) is 0 Å². The van der Waals surface area contributed by atoms with Gasteiger partial charge in [-0.05, 0) is 20.8 Å². The normalized spacial score (nSPS) is 11.1. The van der Waals surface area contributed by atoms with Crippen molar-refractivity contribution in [1.29, 1.82) is 0 Å². The molecule has 5 heteroatoms. The van der Waals surface area contributed by atoms with Crippen LogP contribution in [0, 0.1) is 6.92 Å². The SMILES string of the molecule is Cc1nn(C(C)C)c(N(C)CCO)c1N. The Labute approximate surface area is 90.5 Å². The second-order valence-corrected chi connectivity index (χ2v) is 4.01. The molecule has 0 aliphatic heterocycles. The number of hydrogen-bond acceptors (Lipinski definition) is 4. The van der Waals surface area contributed by atoms with E-state index in [1.54, 1.807) is 0 Å². The number of aliphatic hydroxyl groups excluding tert-OH is 1. The Hall–Kier alpha value is -1.23. The fraction of sp³-hybridized carbons (Fsp3) is 0.700. The van der Waals surface area contributed by atoms with Crippen LogP contribution in [0.3, 0.4) is 0 Å². The summed E-state index contributed by atoms with van der Waals surface area (Å²) < 4.78 is 1.89. The molecule has 0 aliphatic rings. The van der Waals surface area contributed by atoms with Gasteiger partial charge in [0, 0.05) is 19.6 Å². The highest BCUT2D eigenvalue weighted by molar-refractivity contribution is 5.66. The van der Waals surface area contributed by atoms with Gasteiger partial charge in [0.05, 0.1) is 18.0 Å². The lowest BCUT2D eigenvalue weighted by Gasteiger charge is -2.21. The molecule has 0 fully saturated rings. The number of rotatable bonds is 4. The topological polar surface area (TPSA) is 67.3 Å². The number of aliphatic hydroxyl groups is 1. The molecular weight excluding hydrogens is 192 g/mol. The smallest absolute Gasteiger partial charge is 0.150 e. The average molecular weight is 212 g/mol. The fourth-order valence-corrected chi connectivity index (χ4v) is 1.54. The first kappa shape index (κ1) is 11.8. The minimum Gasteiger partial charge on any atom is -0.395 e. The Morgan fingerprint density at radius 1 is 1.53 bits per heavy atom. The fourth-order valence-electron chi connectivity index (χ4n) is 1.54. The van der Waals surface area contributed by atoms with Crippen LogP contribution >= 0.6 is 0 Å². The average Bonchev–Trinajstić information content (AvgIpc) is 2.44. The highest BCUT2D eigenvalue weighted by Gasteiger charge is 2.17. The lowest BCUT2D eigenvalue weighted by Crippen LogP contribution is -2.25. The molecule has 0 aromatic carbocycles. The van der Waals surface area contributed by atoms with Crippen LogP contribution < -0.4 is 10.6 Å². The van der Waals surface area contributed by atoms with Gasteiger partial charge in [0.25, 0.3) is 0 Å². The van der Waals surface area contributed by atoms with E-state index < -0.39 is 0 Å². The molecule has 0 saturated carbocycles. The van der Waals surface area contributed by atoms with E-state index >= 15 is 0 Å². The molecular formula is C10H20N4O. The van der Waals surface area contributed by atoms with Crippen molar-refractivity contribution in [3.05, 3.63) is 5.69 Å². The molecule has 0 saturated heterocycles. The Bertz CT molecular complexity index is 332.